The van der Waals surface area contributed by atoms with E-state index in [0.29, 0.717) is 6.54 Å². The molecule has 1 amide bonds. The number of amides is 1. The summed E-state index contributed by atoms with van der Waals surface area (Å²) < 4.78 is 5.11. The number of thiophene rings is 1. The Labute approximate surface area is 104 Å². The summed E-state index contributed by atoms with van der Waals surface area (Å²) >= 11 is 1.66. The van der Waals surface area contributed by atoms with Gasteiger partial charge >= 0.3 is 0 Å². The first-order valence-corrected chi connectivity index (χ1v) is 6.10. The van der Waals surface area contributed by atoms with E-state index in [1.54, 1.807) is 23.7 Å². The molecule has 2 aromatic heterocycles. The van der Waals surface area contributed by atoms with Crippen molar-refractivity contribution in [2.45, 2.75) is 13.5 Å². The van der Waals surface area contributed by atoms with Gasteiger partial charge in [0, 0.05) is 15.8 Å². The van der Waals surface area contributed by atoms with Crippen LogP contribution >= 0.6 is 11.3 Å². The zero-order valence-corrected chi connectivity index (χ0v) is 10.3. The van der Waals surface area contributed by atoms with Crippen molar-refractivity contribution in [1.82, 2.24) is 5.32 Å². The van der Waals surface area contributed by atoms with Gasteiger partial charge in [-0.25, -0.2) is 0 Å². The Morgan fingerprint density at radius 3 is 3.00 bits per heavy atom. The first-order valence-electron chi connectivity index (χ1n) is 5.29. The molecule has 0 saturated heterocycles. The molecule has 2 rings (SSSR count). The second-order valence-electron chi connectivity index (χ2n) is 3.58. The summed E-state index contributed by atoms with van der Waals surface area (Å²) in [6, 6.07) is 7.65. The fraction of sp³-hybridized carbons (Fsp3) is 0.154. The van der Waals surface area contributed by atoms with Crippen molar-refractivity contribution in [2.24, 2.45) is 0 Å². The van der Waals surface area contributed by atoms with Crippen molar-refractivity contribution in [3.63, 3.8) is 0 Å². The van der Waals surface area contributed by atoms with E-state index in [4.69, 9.17) is 4.42 Å². The van der Waals surface area contributed by atoms with Gasteiger partial charge in [-0.1, -0.05) is 0 Å². The van der Waals surface area contributed by atoms with Crippen LogP contribution in [0.25, 0.3) is 6.08 Å². The third-order valence-corrected chi connectivity index (χ3v) is 3.14. The normalized spacial score (nSPS) is 10.9. The first-order chi connectivity index (χ1) is 8.24. The van der Waals surface area contributed by atoms with E-state index in [-0.39, 0.29) is 5.91 Å². The molecule has 0 aliphatic rings. The fourth-order valence-corrected chi connectivity index (χ4v) is 2.13. The molecule has 1 N–H and O–H groups in total. The summed E-state index contributed by atoms with van der Waals surface area (Å²) in [5, 5.41) is 2.75. The highest BCUT2D eigenvalue weighted by atomic mass is 32.1. The lowest BCUT2D eigenvalue weighted by Crippen LogP contribution is -2.19. The molecule has 0 fully saturated rings. The fourth-order valence-electron chi connectivity index (χ4n) is 1.35. The molecular formula is C13H13NO2S. The highest BCUT2D eigenvalue weighted by molar-refractivity contribution is 7.12. The maximum absolute atomic E-state index is 11.5. The van der Waals surface area contributed by atoms with Gasteiger partial charge in [-0.3, -0.25) is 4.79 Å². The van der Waals surface area contributed by atoms with E-state index >= 15 is 0 Å². The summed E-state index contributed by atoms with van der Waals surface area (Å²) in [5.41, 5.74) is 0. The number of furan rings is 1. The van der Waals surface area contributed by atoms with Crippen LogP contribution in [0.1, 0.15) is 15.5 Å². The van der Waals surface area contributed by atoms with Gasteiger partial charge in [-0.05, 0) is 37.3 Å². The molecule has 0 aliphatic carbocycles. The second-order valence-corrected chi connectivity index (χ2v) is 4.90. The summed E-state index contributed by atoms with van der Waals surface area (Å²) in [5.74, 6) is 0.631. The van der Waals surface area contributed by atoms with E-state index in [9.17, 15) is 4.79 Å². The number of carbonyl (C=O) groups excluding carboxylic acids is 1. The lowest BCUT2D eigenvalue weighted by Gasteiger charge is -1.97. The van der Waals surface area contributed by atoms with E-state index < -0.39 is 0 Å². The quantitative estimate of drug-likeness (QED) is 0.844. The molecule has 2 heterocycles. The minimum Gasteiger partial charge on any atom is -0.467 e. The average molecular weight is 247 g/mol. The lowest BCUT2D eigenvalue weighted by molar-refractivity contribution is -0.116. The van der Waals surface area contributed by atoms with Gasteiger partial charge in [-0.2, -0.15) is 0 Å². The van der Waals surface area contributed by atoms with Crippen LogP contribution in [-0.4, -0.2) is 5.91 Å². The Bertz CT molecular complexity index is 511. The van der Waals surface area contributed by atoms with Crippen LogP contribution in [0, 0.1) is 6.92 Å². The molecule has 0 spiro atoms. The average Bonchev–Trinajstić information content (AvgIpc) is 2.95. The molecule has 0 aliphatic heterocycles. The van der Waals surface area contributed by atoms with Crippen LogP contribution in [-0.2, 0) is 11.3 Å². The van der Waals surface area contributed by atoms with E-state index in [2.05, 4.69) is 5.32 Å². The van der Waals surface area contributed by atoms with Crippen molar-refractivity contribution in [2.75, 3.05) is 0 Å². The van der Waals surface area contributed by atoms with Gasteiger partial charge in [-0.15, -0.1) is 11.3 Å². The predicted molar refractivity (Wildman–Crippen MR) is 68.6 cm³/mol. The van der Waals surface area contributed by atoms with Crippen molar-refractivity contribution >= 4 is 23.3 Å². The van der Waals surface area contributed by atoms with Gasteiger partial charge < -0.3 is 9.73 Å². The number of hydrogen-bond acceptors (Lipinski definition) is 3. The van der Waals surface area contributed by atoms with Crippen LogP contribution in [0.4, 0.5) is 0 Å². The molecule has 2 aromatic rings. The zero-order chi connectivity index (χ0) is 12.1. The third kappa shape index (κ3) is 3.60. The largest absolute Gasteiger partial charge is 0.467 e. The first kappa shape index (κ1) is 11.7. The summed E-state index contributed by atoms with van der Waals surface area (Å²) in [6.45, 7) is 2.46. The molecule has 4 heteroatoms. The molecule has 0 atom stereocenters. The standard InChI is InChI=1S/C13H13NO2S/c1-10-4-5-12(17-10)6-7-13(15)14-9-11-3-2-8-16-11/h2-8H,9H2,1H3,(H,14,15)/b7-6+. The van der Waals surface area contributed by atoms with Crippen LogP contribution < -0.4 is 5.32 Å². The molecule has 0 unspecified atom stereocenters. The van der Waals surface area contributed by atoms with E-state index in [1.807, 2.05) is 31.2 Å². The minimum atomic E-state index is -0.118. The van der Waals surface area contributed by atoms with Gasteiger partial charge in [0.2, 0.25) is 5.91 Å². The Kier molecular flexibility index (Phi) is 3.77. The minimum absolute atomic E-state index is 0.118. The van der Waals surface area contributed by atoms with Gasteiger partial charge in [0.05, 0.1) is 12.8 Å². The predicted octanol–water partition coefficient (Wildman–Crippen LogP) is 2.98. The highest BCUT2D eigenvalue weighted by Crippen LogP contribution is 2.16. The monoisotopic (exact) mass is 247 g/mol. The van der Waals surface area contributed by atoms with Crippen molar-refractivity contribution in [1.29, 1.82) is 0 Å². The molecule has 0 bridgehead atoms. The van der Waals surface area contributed by atoms with Crippen LogP contribution in [0.3, 0.4) is 0 Å². The van der Waals surface area contributed by atoms with E-state index in [0.717, 1.165) is 10.6 Å². The Morgan fingerprint density at radius 1 is 1.47 bits per heavy atom. The molecule has 3 nitrogen and oxygen atoms in total. The Hall–Kier alpha value is -1.81. The molecule has 0 saturated carbocycles. The van der Waals surface area contributed by atoms with Crippen LogP contribution in [0.5, 0.6) is 0 Å². The van der Waals surface area contributed by atoms with Crippen molar-refractivity contribution < 1.29 is 9.21 Å². The number of aryl methyl sites for hydroxylation is 1. The van der Waals surface area contributed by atoms with Crippen LogP contribution in [0.2, 0.25) is 0 Å². The summed E-state index contributed by atoms with van der Waals surface area (Å²) in [7, 11) is 0. The number of carbonyl (C=O) groups is 1. The van der Waals surface area contributed by atoms with Gasteiger partial charge in [0.25, 0.3) is 0 Å². The third-order valence-electron chi connectivity index (χ3n) is 2.18. The number of nitrogens with one attached hydrogen (secondary N) is 1. The smallest absolute Gasteiger partial charge is 0.244 e. The topological polar surface area (TPSA) is 42.2 Å². The van der Waals surface area contributed by atoms with Crippen molar-refractivity contribution in [3.05, 3.63) is 52.1 Å². The molecule has 0 aromatic carbocycles. The van der Waals surface area contributed by atoms with Crippen LogP contribution in [0.15, 0.2) is 41.0 Å². The Balaban J connectivity index is 1.83. The molecule has 17 heavy (non-hydrogen) atoms. The zero-order valence-electron chi connectivity index (χ0n) is 9.47. The Morgan fingerprint density at radius 2 is 2.35 bits per heavy atom. The highest BCUT2D eigenvalue weighted by Gasteiger charge is 1.98. The molecule has 88 valence electrons. The van der Waals surface area contributed by atoms with Crippen molar-refractivity contribution in [3.8, 4) is 0 Å². The van der Waals surface area contributed by atoms with Gasteiger partial charge in [0.1, 0.15) is 5.76 Å². The molecule has 0 radical (unpaired) electrons. The van der Waals surface area contributed by atoms with Gasteiger partial charge in [0.15, 0.2) is 0 Å². The number of hydrogen-bond donors (Lipinski definition) is 1. The van der Waals surface area contributed by atoms with E-state index in [1.165, 1.54) is 11.0 Å². The maximum atomic E-state index is 11.5. The SMILES string of the molecule is Cc1ccc(/C=C/C(=O)NCc2ccco2)s1. The second kappa shape index (κ2) is 5.50. The lowest BCUT2D eigenvalue weighted by atomic mass is 10.3. The summed E-state index contributed by atoms with van der Waals surface area (Å²) in [4.78, 5) is 13.8. The maximum Gasteiger partial charge on any atom is 0.244 e. The molecular weight excluding hydrogens is 234 g/mol. The number of rotatable bonds is 4. The summed E-state index contributed by atoms with van der Waals surface area (Å²) in [6.07, 6.45) is 4.94.